The Hall–Kier alpha value is -2.82. The van der Waals surface area contributed by atoms with Gasteiger partial charge >= 0.3 is 0 Å². The molecule has 1 fully saturated rings. The molecule has 0 spiro atoms. The van der Waals surface area contributed by atoms with Gasteiger partial charge in [0.1, 0.15) is 5.75 Å². The van der Waals surface area contributed by atoms with E-state index in [4.69, 9.17) is 4.74 Å². The molecule has 2 aromatic rings. The number of hydrogen-bond acceptors (Lipinski definition) is 3. The number of fused-ring (bicyclic) bond motifs is 1. The van der Waals surface area contributed by atoms with Gasteiger partial charge in [0.15, 0.2) is 0 Å². The third-order valence-electron chi connectivity index (χ3n) is 5.02. The summed E-state index contributed by atoms with van der Waals surface area (Å²) in [4.78, 5) is 26.5. The fourth-order valence-corrected chi connectivity index (χ4v) is 3.40. The van der Waals surface area contributed by atoms with Gasteiger partial charge in [-0.2, -0.15) is 0 Å². The number of benzene rings is 2. The van der Waals surface area contributed by atoms with Gasteiger partial charge < -0.3 is 15.0 Å². The lowest BCUT2D eigenvalue weighted by Crippen LogP contribution is -2.30. The molecule has 1 aliphatic heterocycles. The fraction of sp³-hybridized carbons (Fsp3) is 0.364. The molecule has 27 heavy (non-hydrogen) atoms. The second kappa shape index (κ2) is 7.82. The van der Waals surface area contributed by atoms with E-state index >= 15 is 0 Å². The number of rotatable bonds is 7. The van der Waals surface area contributed by atoms with Crippen LogP contribution in [-0.2, 0) is 16.0 Å². The zero-order valence-electron chi connectivity index (χ0n) is 15.3. The average Bonchev–Trinajstić information content (AvgIpc) is 3.45. The van der Waals surface area contributed by atoms with E-state index in [1.807, 2.05) is 53.4 Å². The number of nitrogens with zero attached hydrogens (tertiary/aromatic N) is 1. The molecule has 4 rings (SSSR count). The van der Waals surface area contributed by atoms with Crippen LogP contribution in [0.5, 0.6) is 5.75 Å². The predicted octanol–water partition coefficient (Wildman–Crippen LogP) is 3.78. The topological polar surface area (TPSA) is 58.6 Å². The predicted molar refractivity (Wildman–Crippen MR) is 105 cm³/mol. The van der Waals surface area contributed by atoms with Crippen LogP contribution in [0.15, 0.2) is 48.5 Å². The van der Waals surface area contributed by atoms with Gasteiger partial charge in [0, 0.05) is 30.3 Å². The van der Waals surface area contributed by atoms with E-state index in [9.17, 15) is 9.59 Å². The molecule has 2 aliphatic rings. The second-order valence-electron chi connectivity index (χ2n) is 7.17. The van der Waals surface area contributed by atoms with E-state index in [2.05, 4.69) is 5.32 Å². The largest absolute Gasteiger partial charge is 0.494 e. The molecule has 1 N–H and O–H groups in total. The van der Waals surface area contributed by atoms with Gasteiger partial charge in [-0.15, -0.1) is 0 Å². The Morgan fingerprint density at radius 1 is 1.11 bits per heavy atom. The molecule has 0 unspecified atom stereocenters. The van der Waals surface area contributed by atoms with Crippen molar-refractivity contribution < 1.29 is 14.3 Å². The highest BCUT2D eigenvalue weighted by Gasteiger charge is 2.36. The number of carbonyl (C=O) groups excluding carboxylic acids is 2. The van der Waals surface area contributed by atoms with Crippen LogP contribution in [0.2, 0.25) is 0 Å². The van der Waals surface area contributed by atoms with E-state index in [0.29, 0.717) is 19.4 Å². The first-order chi connectivity index (χ1) is 13.2. The molecule has 140 valence electrons. The molecule has 0 saturated heterocycles. The van der Waals surface area contributed by atoms with Crippen LogP contribution in [0.1, 0.15) is 31.2 Å². The molecular formula is C22H24N2O3. The van der Waals surface area contributed by atoms with Crippen LogP contribution >= 0.6 is 0 Å². The van der Waals surface area contributed by atoms with Gasteiger partial charge in [0.05, 0.1) is 6.61 Å². The summed E-state index contributed by atoms with van der Waals surface area (Å²) < 4.78 is 5.61. The number of anilines is 2. The Bertz CT molecular complexity index is 831. The van der Waals surface area contributed by atoms with Gasteiger partial charge in [-0.3, -0.25) is 9.59 Å². The number of amides is 2. The molecule has 5 nitrogen and oxygen atoms in total. The summed E-state index contributed by atoms with van der Waals surface area (Å²) in [6.07, 6.45) is 3.95. The van der Waals surface area contributed by atoms with Crippen molar-refractivity contribution in [3.8, 4) is 5.75 Å². The average molecular weight is 364 g/mol. The summed E-state index contributed by atoms with van der Waals surface area (Å²) in [6.45, 7) is 1.25. The third-order valence-corrected chi connectivity index (χ3v) is 5.02. The molecular weight excluding hydrogens is 340 g/mol. The van der Waals surface area contributed by atoms with E-state index in [0.717, 1.165) is 42.9 Å². The van der Waals surface area contributed by atoms with Crippen molar-refractivity contribution in [2.75, 3.05) is 23.4 Å². The standard InChI is InChI=1S/C22H24N2O3/c25-21(7-4-14-27-19-5-2-1-3-6-19)23-18-11-10-16-12-13-24(20(16)15-18)22(26)17-8-9-17/h1-3,5-6,10-11,15,17H,4,7-9,12-14H2,(H,23,25). The van der Waals surface area contributed by atoms with E-state index in [1.54, 1.807) is 0 Å². The minimum Gasteiger partial charge on any atom is -0.494 e. The summed E-state index contributed by atoms with van der Waals surface area (Å²) in [6, 6.07) is 15.5. The van der Waals surface area contributed by atoms with Crippen LogP contribution in [0, 0.1) is 5.92 Å². The molecule has 0 aromatic heterocycles. The van der Waals surface area contributed by atoms with Gasteiger partial charge in [-0.05, 0) is 55.5 Å². The van der Waals surface area contributed by atoms with Crippen molar-refractivity contribution in [3.63, 3.8) is 0 Å². The lowest BCUT2D eigenvalue weighted by Gasteiger charge is -2.18. The van der Waals surface area contributed by atoms with Crippen LogP contribution in [0.25, 0.3) is 0 Å². The molecule has 0 atom stereocenters. The lowest BCUT2D eigenvalue weighted by atomic mass is 10.1. The smallest absolute Gasteiger partial charge is 0.230 e. The Morgan fingerprint density at radius 2 is 1.93 bits per heavy atom. The first-order valence-corrected chi connectivity index (χ1v) is 9.63. The van der Waals surface area contributed by atoms with Crippen molar-refractivity contribution in [1.29, 1.82) is 0 Å². The number of nitrogens with one attached hydrogen (secondary N) is 1. The van der Waals surface area contributed by atoms with Gasteiger partial charge in [-0.1, -0.05) is 24.3 Å². The number of carbonyl (C=O) groups is 2. The van der Waals surface area contributed by atoms with Crippen molar-refractivity contribution in [3.05, 3.63) is 54.1 Å². The molecule has 1 aliphatic carbocycles. The first kappa shape index (κ1) is 17.6. The highest BCUT2D eigenvalue weighted by atomic mass is 16.5. The molecule has 1 saturated carbocycles. The van der Waals surface area contributed by atoms with Crippen molar-refractivity contribution in [2.45, 2.75) is 32.1 Å². The minimum absolute atomic E-state index is 0.0373. The maximum atomic E-state index is 12.4. The van der Waals surface area contributed by atoms with Gasteiger partial charge in [-0.25, -0.2) is 0 Å². The zero-order chi connectivity index (χ0) is 18.6. The Kier molecular flexibility index (Phi) is 5.10. The van der Waals surface area contributed by atoms with Crippen molar-refractivity contribution >= 4 is 23.2 Å². The summed E-state index contributed by atoms with van der Waals surface area (Å²) in [5.41, 5.74) is 2.88. The number of para-hydroxylation sites is 1. The summed E-state index contributed by atoms with van der Waals surface area (Å²) in [5.74, 6) is 1.22. The normalized spacial score (nSPS) is 15.3. The van der Waals surface area contributed by atoms with Crippen LogP contribution in [0.4, 0.5) is 11.4 Å². The Morgan fingerprint density at radius 3 is 2.70 bits per heavy atom. The van der Waals surface area contributed by atoms with Gasteiger partial charge in [0.2, 0.25) is 11.8 Å². The highest BCUT2D eigenvalue weighted by molar-refractivity contribution is 5.99. The van der Waals surface area contributed by atoms with Crippen LogP contribution < -0.4 is 15.0 Å². The summed E-state index contributed by atoms with van der Waals surface area (Å²) in [5, 5.41) is 2.94. The Balaban J connectivity index is 1.28. The molecule has 2 aromatic carbocycles. The monoisotopic (exact) mass is 364 g/mol. The zero-order valence-corrected chi connectivity index (χ0v) is 15.3. The summed E-state index contributed by atoms with van der Waals surface area (Å²) in [7, 11) is 0. The van der Waals surface area contributed by atoms with E-state index < -0.39 is 0 Å². The number of ether oxygens (including phenoxy) is 1. The Labute approximate surface area is 159 Å². The molecule has 2 amide bonds. The summed E-state index contributed by atoms with van der Waals surface area (Å²) >= 11 is 0. The van der Waals surface area contributed by atoms with Crippen LogP contribution in [0.3, 0.4) is 0 Å². The first-order valence-electron chi connectivity index (χ1n) is 9.63. The van der Waals surface area contributed by atoms with Crippen LogP contribution in [-0.4, -0.2) is 25.0 Å². The van der Waals surface area contributed by atoms with E-state index in [-0.39, 0.29) is 17.7 Å². The molecule has 0 radical (unpaired) electrons. The quantitative estimate of drug-likeness (QED) is 0.761. The minimum atomic E-state index is -0.0373. The molecule has 1 heterocycles. The number of hydrogen-bond donors (Lipinski definition) is 1. The fourth-order valence-electron chi connectivity index (χ4n) is 3.40. The molecule has 0 bridgehead atoms. The van der Waals surface area contributed by atoms with Crippen molar-refractivity contribution in [1.82, 2.24) is 0 Å². The second-order valence-corrected chi connectivity index (χ2v) is 7.17. The molecule has 5 heteroatoms. The maximum absolute atomic E-state index is 12.4. The van der Waals surface area contributed by atoms with E-state index in [1.165, 1.54) is 5.56 Å². The maximum Gasteiger partial charge on any atom is 0.230 e. The van der Waals surface area contributed by atoms with Gasteiger partial charge in [0.25, 0.3) is 0 Å². The van der Waals surface area contributed by atoms with Crippen molar-refractivity contribution in [2.24, 2.45) is 5.92 Å². The third kappa shape index (κ3) is 4.30. The SMILES string of the molecule is O=C(CCCOc1ccccc1)Nc1ccc2c(c1)N(C(=O)C1CC1)CC2. The lowest BCUT2D eigenvalue weighted by molar-refractivity contribution is -0.119. The highest BCUT2D eigenvalue weighted by Crippen LogP contribution is 2.37.